The zero-order chi connectivity index (χ0) is 37.1. The number of aliphatic imine (C=N–C) groups is 3. The molecular weight excluding hydrogens is 654 g/mol. The quantitative estimate of drug-likeness (QED) is 0.166. The zero-order valence-corrected chi connectivity index (χ0v) is 30.0. The van der Waals surface area contributed by atoms with Gasteiger partial charge in [0.1, 0.15) is 0 Å². The van der Waals surface area contributed by atoms with Crippen LogP contribution in [0.1, 0.15) is 60.3 Å². The molecule has 0 aliphatic carbocycles. The first kappa shape index (κ1) is 37.1. The monoisotopic (exact) mass is 699 g/mol. The lowest BCUT2D eigenvalue weighted by Crippen LogP contribution is -2.36. The summed E-state index contributed by atoms with van der Waals surface area (Å²) in [5.41, 5.74) is 8.85. The van der Waals surface area contributed by atoms with E-state index < -0.39 is 30.6 Å². The van der Waals surface area contributed by atoms with E-state index in [9.17, 15) is 29.7 Å². The Bertz CT molecular complexity index is 1910. The van der Waals surface area contributed by atoms with Crippen LogP contribution in [0.15, 0.2) is 107 Å². The van der Waals surface area contributed by atoms with Gasteiger partial charge in [-0.1, -0.05) is 13.8 Å². The number of aliphatic hydroxyl groups is 3. The minimum atomic E-state index is -1.18. The summed E-state index contributed by atoms with van der Waals surface area (Å²) in [6, 6.07) is 0. The maximum atomic E-state index is 14.0. The number of amides is 1. The molecule has 0 aromatic heterocycles. The third kappa shape index (κ3) is 7.22. The van der Waals surface area contributed by atoms with Crippen molar-refractivity contribution >= 4 is 35.0 Å². The van der Waals surface area contributed by atoms with E-state index in [2.05, 4.69) is 10.6 Å². The largest absolute Gasteiger partial charge is 0.515 e. The number of hydrogen-bond acceptors (Lipinski definition) is 12. The molecule has 1 saturated heterocycles. The Balaban J connectivity index is 1.84. The van der Waals surface area contributed by atoms with E-state index in [4.69, 9.17) is 24.5 Å². The van der Waals surface area contributed by atoms with Gasteiger partial charge in [0.05, 0.1) is 79.4 Å². The van der Waals surface area contributed by atoms with Gasteiger partial charge >= 0.3 is 11.9 Å². The minimum absolute atomic E-state index is 0.0919. The predicted molar refractivity (Wildman–Crippen MR) is 192 cm³/mol. The van der Waals surface area contributed by atoms with Crippen molar-refractivity contribution < 1.29 is 39.2 Å². The van der Waals surface area contributed by atoms with E-state index in [0.717, 1.165) is 28.7 Å². The van der Waals surface area contributed by atoms with Crippen LogP contribution in [0.5, 0.6) is 0 Å². The Kier molecular flexibility index (Phi) is 11.2. The second-order valence-electron chi connectivity index (χ2n) is 12.9. The fourth-order valence-corrected chi connectivity index (χ4v) is 6.91. The number of aliphatic hydroxyl groups excluding tert-OH is 3. The molecule has 0 saturated carbocycles. The number of carbonyl (C=O) groups excluding carboxylic acids is 3. The summed E-state index contributed by atoms with van der Waals surface area (Å²) in [5.74, 6) is -2.08. The van der Waals surface area contributed by atoms with Crippen LogP contribution in [0, 0.1) is 11.8 Å². The molecule has 1 amide bonds. The van der Waals surface area contributed by atoms with E-state index in [0.29, 0.717) is 63.8 Å². The van der Waals surface area contributed by atoms with Crippen LogP contribution < -0.4 is 10.6 Å². The summed E-state index contributed by atoms with van der Waals surface area (Å²) in [7, 11) is 2.61. The second-order valence-corrected chi connectivity index (χ2v) is 12.9. The Morgan fingerprint density at radius 2 is 1.65 bits per heavy atom. The molecule has 1 fully saturated rings. The van der Waals surface area contributed by atoms with Gasteiger partial charge in [0, 0.05) is 47.3 Å². The topological polar surface area (TPSA) is 191 Å². The lowest BCUT2D eigenvalue weighted by molar-refractivity contribution is -0.141. The molecule has 5 aliphatic rings. The van der Waals surface area contributed by atoms with Crippen molar-refractivity contribution in [2.24, 2.45) is 26.8 Å². The van der Waals surface area contributed by atoms with E-state index in [1.807, 2.05) is 45.9 Å². The van der Waals surface area contributed by atoms with Gasteiger partial charge in [-0.15, -0.1) is 0 Å². The molecule has 270 valence electrons. The maximum absolute atomic E-state index is 14.0. The number of nitrogens with one attached hydrogen (secondary N) is 2. The minimum Gasteiger partial charge on any atom is -0.515 e. The number of methoxy groups -OCH3 is 2. The van der Waals surface area contributed by atoms with Crippen molar-refractivity contribution in [1.82, 2.24) is 10.6 Å². The third-order valence-electron chi connectivity index (χ3n) is 9.97. The number of esters is 2. The molecule has 13 heteroatoms. The van der Waals surface area contributed by atoms with Crippen LogP contribution in [0.4, 0.5) is 0 Å². The number of carbonyl (C=O) groups is 3. The summed E-state index contributed by atoms with van der Waals surface area (Å²) < 4.78 is 10.1. The first-order valence-electron chi connectivity index (χ1n) is 17.0. The highest BCUT2D eigenvalue weighted by Crippen LogP contribution is 2.43. The molecule has 0 spiro atoms. The van der Waals surface area contributed by atoms with Gasteiger partial charge in [-0.3, -0.25) is 14.4 Å². The van der Waals surface area contributed by atoms with E-state index in [1.165, 1.54) is 14.2 Å². The highest BCUT2D eigenvalue weighted by molar-refractivity contribution is 6.32. The van der Waals surface area contributed by atoms with Crippen molar-refractivity contribution in [3.8, 4) is 0 Å². The van der Waals surface area contributed by atoms with Crippen LogP contribution in [-0.4, -0.2) is 83.8 Å². The fraction of sp³-hybridized carbons (Fsp3) is 0.421. The molecule has 51 heavy (non-hydrogen) atoms. The summed E-state index contributed by atoms with van der Waals surface area (Å²) in [6.07, 6.45) is 6.26. The molecule has 0 aromatic carbocycles. The number of ether oxygens (including phenoxy) is 2. The molecule has 5 N–H and O–H groups in total. The van der Waals surface area contributed by atoms with E-state index in [-0.39, 0.29) is 42.5 Å². The Morgan fingerprint density at radius 3 is 2.29 bits per heavy atom. The summed E-state index contributed by atoms with van der Waals surface area (Å²) >= 11 is 0. The van der Waals surface area contributed by atoms with Crippen LogP contribution in [-0.2, 0) is 23.9 Å². The summed E-state index contributed by atoms with van der Waals surface area (Å²) in [6.45, 7) is 8.88. The standard InChI is InChI=1S/C38H45N5O8/c1-8-23-18(2)28-13-32-26(17-45)20(4)27(41-32)12-29-19(3)24(9-10-33(47)50-6)36(42-29)25(11-34(48)51-7)37-35(38(49)39-15-22(46)16-44)21(5)30(43-37)14-31(23)40-28/h12-14,17,19,22,24,42,44-46H,8-11,15-16H2,1-7H3,(H,39,49). The molecule has 13 nitrogen and oxygen atoms in total. The van der Waals surface area contributed by atoms with Gasteiger partial charge < -0.3 is 35.4 Å². The molecular formula is C38H45N5O8. The number of nitrogens with zero attached hydrogens (tertiary/aromatic N) is 3. The summed E-state index contributed by atoms with van der Waals surface area (Å²) in [5, 5.41) is 36.0. The number of hydrogen-bond donors (Lipinski definition) is 5. The first-order valence-corrected chi connectivity index (χ1v) is 17.0. The first-order chi connectivity index (χ1) is 24.4. The molecule has 5 aliphatic heterocycles. The van der Waals surface area contributed by atoms with Crippen LogP contribution in [0.3, 0.4) is 0 Å². The molecule has 8 bridgehead atoms. The van der Waals surface area contributed by atoms with Crippen LogP contribution in [0.2, 0.25) is 0 Å². The molecule has 5 rings (SSSR count). The van der Waals surface area contributed by atoms with Crippen molar-refractivity contribution in [1.29, 1.82) is 0 Å². The number of allylic oxidation sites excluding steroid dienone is 10. The normalized spacial score (nSPS) is 22.7. The van der Waals surface area contributed by atoms with Crippen molar-refractivity contribution in [2.75, 3.05) is 27.4 Å². The predicted octanol–water partition coefficient (Wildman–Crippen LogP) is 3.87. The lowest BCUT2D eigenvalue weighted by atomic mass is 9.84. The van der Waals surface area contributed by atoms with Crippen molar-refractivity contribution in [3.05, 3.63) is 92.0 Å². The van der Waals surface area contributed by atoms with Crippen molar-refractivity contribution in [2.45, 2.75) is 66.4 Å². The van der Waals surface area contributed by atoms with E-state index >= 15 is 0 Å². The second kappa shape index (κ2) is 15.4. The van der Waals surface area contributed by atoms with Gasteiger partial charge in [0.2, 0.25) is 0 Å². The average Bonchev–Trinajstić information content (AvgIpc) is 3.80. The highest BCUT2D eigenvalue weighted by atomic mass is 16.5. The molecule has 3 atom stereocenters. The fourth-order valence-electron chi connectivity index (χ4n) is 6.91. The Morgan fingerprint density at radius 1 is 0.961 bits per heavy atom. The Labute approximate surface area is 297 Å². The molecule has 3 unspecified atom stereocenters. The molecule has 5 heterocycles. The third-order valence-corrected chi connectivity index (χ3v) is 9.97. The zero-order valence-electron chi connectivity index (χ0n) is 30.0. The van der Waals surface area contributed by atoms with Gasteiger partial charge in [-0.05, 0) is 74.1 Å². The highest BCUT2D eigenvalue weighted by Gasteiger charge is 2.40. The van der Waals surface area contributed by atoms with Crippen LogP contribution >= 0.6 is 0 Å². The molecule has 0 aromatic rings. The summed E-state index contributed by atoms with van der Waals surface area (Å²) in [4.78, 5) is 54.4. The van der Waals surface area contributed by atoms with E-state index in [1.54, 1.807) is 6.92 Å². The van der Waals surface area contributed by atoms with Gasteiger partial charge in [-0.25, -0.2) is 15.0 Å². The van der Waals surface area contributed by atoms with Crippen molar-refractivity contribution in [3.63, 3.8) is 0 Å². The van der Waals surface area contributed by atoms with Gasteiger partial charge in [0.25, 0.3) is 5.91 Å². The van der Waals surface area contributed by atoms with Crippen LogP contribution in [0.25, 0.3) is 0 Å². The van der Waals surface area contributed by atoms with Gasteiger partial charge in [0.15, 0.2) is 0 Å². The average molecular weight is 700 g/mol. The molecule has 0 radical (unpaired) electrons. The SMILES string of the molecule is CCC1=C(C)C2=CC3=NC(=C(C)C3=CO)C=C3NC(=C(CC(=O)OC)C4=NC(=CC1=N2)C(C)=C4C(=O)NCC(O)CO)C(CCC(=O)OC)C3C. The maximum Gasteiger partial charge on any atom is 0.310 e. The number of rotatable bonds is 10. The van der Waals surface area contributed by atoms with Gasteiger partial charge in [-0.2, -0.15) is 0 Å². The Hall–Kier alpha value is -5.14. The smallest absolute Gasteiger partial charge is 0.310 e. The number of fused-ring (bicyclic) bond motifs is 5. The lowest BCUT2D eigenvalue weighted by Gasteiger charge is -2.20.